The number of hydrogen-bond acceptors (Lipinski definition) is 4. The van der Waals surface area contributed by atoms with Gasteiger partial charge in [0.25, 0.3) is 0 Å². The third-order valence-electron chi connectivity index (χ3n) is 12.5. The lowest BCUT2D eigenvalue weighted by Crippen LogP contribution is -2.10. The van der Waals surface area contributed by atoms with Crippen LogP contribution in [0.5, 0.6) is 0 Å². The van der Waals surface area contributed by atoms with Gasteiger partial charge in [0.2, 0.25) is 0 Å². The fourth-order valence-electron chi connectivity index (χ4n) is 9.66. The van der Waals surface area contributed by atoms with Crippen molar-refractivity contribution in [2.75, 3.05) is 4.90 Å². The van der Waals surface area contributed by atoms with Crippen LogP contribution in [0.4, 0.5) is 17.1 Å². The van der Waals surface area contributed by atoms with E-state index in [4.69, 9.17) is 13.3 Å². The molecule has 0 aliphatic rings. The first-order valence-corrected chi connectivity index (χ1v) is 21.0. The normalized spacial score (nSPS) is 11.9. The first-order chi connectivity index (χ1) is 30.8. The minimum atomic E-state index is 0.820. The highest BCUT2D eigenvalue weighted by Crippen LogP contribution is 2.49. The molecular weight excluding hydrogens is 759 g/mol. The average molecular weight is 794 g/mol. The van der Waals surface area contributed by atoms with Gasteiger partial charge in [0, 0.05) is 49.1 Å². The predicted molar refractivity (Wildman–Crippen MR) is 257 cm³/mol. The molecule has 10 aromatic carbocycles. The Morgan fingerprint density at radius 1 is 0.290 bits per heavy atom. The van der Waals surface area contributed by atoms with Crippen LogP contribution in [0.2, 0.25) is 0 Å². The summed E-state index contributed by atoms with van der Waals surface area (Å²) in [6.07, 6.45) is 0. The molecule has 13 aromatic rings. The summed E-state index contributed by atoms with van der Waals surface area (Å²) in [7, 11) is 0. The maximum absolute atomic E-state index is 7.01. The monoisotopic (exact) mass is 793 g/mol. The standard InChI is InChI=1S/C58H35NO3/c1-3-15-37(16-4-1)53-54-48-35-39(31-34-42(48)41-19-7-8-22-45(41)58(54)62-55(53)38-17-5-2-6-18-38)36-29-32-40(33-30-36)59(49-25-13-23-46-43-20-9-11-27-51(43)60-56(46)49)50-26-14-24-47-44-21-10-12-28-52(44)61-57(47)50/h1-35H. The van der Waals surface area contributed by atoms with Gasteiger partial charge in [-0.15, -0.1) is 0 Å². The second-order valence-corrected chi connectivity index (χ2v) is 15.9. The van der Waals surface area contributed by atoms with Gasteiger partial charge < -0.3 is 18.2 Å². The lowest BCUT2D eigenvalue weighted by molar-refractivity contribution is 0.636. The van der Waals surface area contributed by atoms with Gasteiger partial charge in [-0.2, -0.15) is 0 Å². The number of anilines is 3. The number of fused-ring (bicyclic) bond motifs is 12. The zero-order chi connectivity index (χ0) is 40.7. The Morgan fingerprint density at radius 3 is 1.40 bits per heavy atom. The van der Waals surface area contributed by atoms with Gasteiger partial charge in [-0.05, 0) is 75.3 Å². The van der Waals surface area contributed by atoms with Gasteiger partial charge >= 0.3 is 0 Å². The van der Waals surface area contributed by atoms with Crippen LogP contribution >= 0.6 is 0 Å². The van der Waals surface area contributed by atoms with Crippen LogP contribution < -0.4 is 4.90 Å². The molecule has 0 saturated heterocycles. The molecule has 4 nitrogen and oxygen atoms in total. The quantitative estimate of drug-likeness (QED) is 0.157. The highest BCUT2D eigenvalue weighted by molar-refractivity contribution is 6.29. The number of benzene rings is 10. The molecule has 4 heteroatoms. The average Bonchev–Trinajstić information content (AvgIpc) is 4.06. The van der Waals surface area contributed by atoms with Gasteiger partial charge in [-0.1, -0.05) is 170 Å². The molecule has 0 fully saturated rings. The van der Waals surface area contributed by atoms with Gasteiger partial charge in [-0.25, -0.2) is 0 Å². The van der Waals surface area contributed by atoms with E-state index in [1.807, 2.05) is 24.3 Å². The van der Waals surface area contributed by atoms with Crippen molar-refractivity contribution in [2.45, 2.75) is 0 Å². The molecule has 0 aliphatic carbocycles. The van der Waals surface area contributed by atoms with E-state index in [1.54, 1.807) is 0 Å². The van der Waals surface area contributed by atoms with Crippen molar-refractivity contribution in [3.63, 3.8) is 0 Å². The van der Waals surface area contributed by atoms with Crippen LogP contribution in [0.25, 0.3) is 110 Å². The molecule has 0 atom stereocenters. The van der Waals surface area contributed by atoms with E-state index in [2.05, 4.69) is 193 Å². The van der Waals surface area contributed by atoms with Gasteiger partial charge in [0.1, 0.15) is 22.5 Å². The molecule has 0 amide bonds. The minimum Gasteiger partial charge on any atom is -0.455 e. The fourth-order valence-corrected chi connectivity index (χ4v) is 9.66. The second-order valence-electron chi connectivity index (χ2n) is 15.9. The summed E-state index contributed by atoms with van der Waals surface area (Å²) >= 11 is 0. The Hall–Kier alpha value is -8.34. The Morgan fingerprint density at radius 2 is 0.774 bits per heavy atom. The number of rotatable bonds is 6. The summed E-state index contributed by atoms with van der Waals surface area (Å²) in [5.41, 5.74) is 12.6. The van der Waals surface area contributed by atoms with Gasteiger partial charge in [0.05, 0.1) is 11.4 Å². The maximum atomic E-state index is 7.01. The minimum absolute atomic E-state index is 0.820. The molecule has 0 unspecified atom stereocenters. The van der Waals surface area contributed by atoms with Crippen LogP contribution in [0.3, 0.4) is 0 Å². The molecule has 290 valence electrons. The largest absolute Gasteiger partial charge is 0.455 e. The summed E-state index contributed by atoms with van der Waals surface area (Å²) in [4.78, 5) is 2.28. The summed E-state index contributed by atoms with van der Waals surface area (Å²) in [5, 5.41) is 10.0. The SMILES string of the molecule is c1ccc(-c2oc3c4ccccc4c4ccc(-c5ccc(N(c6cccc7c6oc6ccccc67)c6cccc7c6oc6ccccc67)cc5)cc4c3c2-c2ccccc2)cc1. The molecule has 0 bridgehead atoms. The highest BCUT2D eigenvalue weighted by atomic mass is 16.3. The van der Waals surface area contributed by atoms with Crippen molar-refractivity contribution in [1.82, 2.24) is 0 Å². The zero-order valence-corrected chi connectivity index (χ0v) is 33.4. The van der Waals surface area contributed by atoms with Gasteiger partial charge in [-0.3, -0.25) is 0 Å². The number of furan rings is 3. The smallest absolute Gasteiger partial charge is 0.159 e. The van der Waals surface area contributed by atoms with Crippen molar-refractivity contribution >= 4 is 93.5 Å². The molecule has 0 aliphatic heterocycles. The number of para-hydroxylation sites is 4. The van der Waals surface area contributed by atoms with Crippen molar-refractivity contribution in [3.8, 4) is 33.6 Å². The van der Waals surface area contributed by atoms with Crippen LogP contribution in [0.1, 0.15) is 0 Å². The van der Waals surface area contributed by atoms with Crippen LogP contribution in [-0.2, 0) is 0 Å². The Labute approximate surface area is 356 Å². The maximum Gasteiger partial charge on any atom is 0.159 e. The third-order valence-corrected chi connectivity index (χ3v) is 12.5. The molecule has 13 rings (SSSR count). The van der Waals surface area contributed by atoms with Crippen LogP contribution in [-0.4, -0.2) is 0 Å². The van der Waals surface area contributed by atoms with Crippen molar-refractivity contribution < 1.29 is 13.3 Å². The summed E-state index contributed by atoms with van der Waals surface area (Å²) in [6.45, 7) is 0. The van der Waals surface area contributed by atoms with E-state index in [1.165, 1.54) is 10.8 Å². The third kappa shape index (κ3) is 5.20. The van der Waals surface area contributed by atoms with E-state index in [0.717, 1.165) is 116 Å². The molecule has 0 radical (unpaired) electrons. The molecule has 0 saturated carbocycles. The molecule has 3 heterocycles. The Kier molecular flexibility index (Phi) is 7.57. The molecule has 3 aromatic heterocycles. The lowest BCUT2D eigenvalue weighted by Gasteiger charge is -2.25. The Bertz CT molecular complexity index is 3740. The molecule has 62 heavy (non-hydrogen) atoms. The highest BCUT2D eigenvalue weighted by Gasteiger charge is 2.25. The summed E-state index contributed by atoms with van der Waals surface area (Å²) < 4.78 is 20.4. The molecule has 0 N–H and O–H groups in total. The predicted octanol–water partition coefficient (Wildman–Crippen LogP) is 17.0. The topological polar surface area (TPSA) is 42.7 Å². The van der Waals surface area contributed by atoms with E-state index in [-0.39, 0.29) is 0 Å². The fraction of sp³-hybridized carbons (Fsp3) is 0. The van der Waals surface area contributed by atoms with E-state index in [9.17, 15) is 0 Å². The first-order valence-electron chi connectivity index (χ1n) is 21.0. The van der Waals surface area contributed by atoms with Crippen molar-refractivity contribution in [1.29, 1.82) is 0 Å². The Balaban J connectivity index is 1.02. The summed E-state index contributed by atoms with van der Waals surface area (Å²) in [6, 6.07) is 74.7. The van der Waals surface area contributed by atoms with E-state index >= 15 is 0 Å². The second kappa shape index (κ2) is 13.6. The number of hydrogen-bond donors (Lipinski definition) is 0. The van der Waals surface area contributed by atoms with Crippen LogP contribution in [0, 0.1) is 0 Å². The van der Waals surface area contributed by atoms with Crippen molar-refractivity contribution in [3.05, 3.63) is 212 Å². The van der Waals surface area contributed by atoms with Gasteiger partial charge in [0.15, 0.2) is 11.2 Å². The number of nitrogens with zero attached hydrogens (tertiary/aromatic N) is 1. The first kappa shape index (κ1) is 34.5. The van der Waals surface area contributed by atoms with Crippen LogP contribution in [0.15, 0.2) is 226 Å². The van der Waals surface area contributed by atoms with Crippen molar-refractivity contribution in [2.24, 2.45) is 0 Å². The molecule has 0 spiro atoms. The lowest BCUT2D eigenvalue weighted by atomic mass is 9.90. The summed E-state index contributed by atoms with van der Waals surface area (Å²) in [5.74, 6) is 0.873. The van der Waals surface area contributed by atoms with E-state index < -0.39 is 0 Å². The van der Waals surface area contributed by atoms with E-state index in [0.29, 0.717) is 0 Å². The zero-order valence-electron chi connectivity index (χ0n) is 33.4. The molecular formula is C58H35NO3.